The van der Waals surface area contributed by atoms with Gasteiger partial charge >= 0.3 is 6.03 Å². The Morgan fingerprint density at radius 2 is 1.87 bits per heavy atom. The molecule has 5 nitrogen and oxygen atoms in total. The molecular formula is C18H30N4O. The summed E-state index contributed by atoms with van der Waals surface area (Å²) in [7, 11) is 0. The number of hydrogen-bond acceptors (Lipinski definition) is 3. The Kier molecular flexibility index (Phi) is 7.17. The molecule has 2 amide bonds. The number of hydrogen-bond donors (Lipinski definition) is 2. The van der Waals surface area contributed by atoms with E-state index < -0.39 is 0 Å². The van der Waals surface area contributed by atoms with E-state index in [1.165, 1.54) is 19.3 Å². The lowest BCUT2D eigenvalue weighted by Gasteiger charge is -2.24. The monoisotopic (exact) mass is 318 g/mol. The number of urea groups is 1. The van der Waals surface area contributed by atoms with Crippen molar-refractivity contribution in [2.75, 3.05) is 23.3 Å². The van der Waals surface area contributed by atoms with Crippen LogP contribution >= 0.6 is 0 Å². The number of amides is 2. The Bertz CT molecular complexity index is 462. The fraction of sp³-hybridized carbons (Fsp3) is 0.667. The second-order valence-corrected chi connectivity index (χ2v) is 6.32. The molecule has 1 heterocycles. The van der Waals surface area contributed by atoms with Gasteiger partial charge in [-0.25, -0.2) is 9.78 Å². The standard InChI is InChI=1S/C18H30N4O/c1-3-12-22(13-4-2)16-10-11-17(19-14-16)21-18(23)20-15-8-6-5-7-9-15/h10-11,14-15H,3-9,12-13H2,1-2H3,(H2,19,20,21,23). The predicted molar refractivity (Wildman–Crippen MR) is 96.1 cm³/mol. The van der Waals surface area contributed by atoms with Crippen LogP contribution in [0.3, 0.4) is 0 Å². The Hall–Kier alpha value is -1.78. The summed E-state index contributed by atoms with van der Waals surface area (Å²) in [5.74, 6) is 0.606. The number of rotatable bonds is 7. The zero-order valence-corrected chi connectivity index (χ0v) is 14.5. The quantitative estimate of drug-likeness (QED) is 0.793. The Labute approximate surface area is 139 Å². The smallest absolute Gasteiger partial charge is 0.320 e. The molecule has 0 aromatic carbocycles. The van der Waals surface area contributed by atoms with Crippen molar-refractivity contribution in [3.05, 3.63) is 18.3 Å². The zero-order chi connectivity index (χ0) is 16.5. The fourth-order valence-corrected chi connectivity index (χ4v) is 3.14. The number of nitrogens with one attached hydrogen (secondary N) is 2. The van der Waals surface area contributed by atoms with Crippen molar-refractivity contribution in [2.24, 2.45) is 0 Å². The van der Waals surface area contributed by atoms with Gasteiger partial charge in [0.25, 0.3) is 0 Å². The summed E-state index contributed by atoms with van der Waals surface area (Å²) in [6.45, 7) is 6.43. The first-order valence-electron chi connectivity index (χ1n) is 9.01. The third-order valence-electron chi connectivity index (χ3n) is 4.28. The van der Waals surface area contributed by atoms with Gasteiger partial charge in [0, 0.05) is 19.1 Å². The average molecular weight is 318 g/mol. The van der Waals surface area contributed by atoms with Crippen molar-refractivity contribution in [1.29, 1.82) is 0 Å². The zero-order valence-electron chi connectivity index (χ0n) is 14.5. The van der Waals surface area contributed by atoms with Gasteiger partial charge < -0.3 is 10.2 Å². The highest BCUT2D eigenvalue weighted by Gasteiger charge is 2.15. The van der Waals surface area contributed by atoms with Gasteiger partial charge in [0.1, 0.15) is 5.82 Å². The molecule has 0 bridgehead atoms. The molecule has 0 atom stereocenters. The fourth-order valence-electron chi connectivity index (χ4n) is 3.14. The third-order valence-corrected chi connectivity index (χ3v) is 4.28. The van der Waals surface area contributed by atoms with Crippen LogP contribution in [-0.2, 0) is 0 Å². The van der Waals surface area contributed by atoms with Crippen LogP contribution in [0.4, 0.5) is 16.3 Å². The molecule has 0 unspecified atom stereocenters. The first kappa shape index (κ1) is 17.6. The largest absolute Gasteiger partial charge is 0.370 e. The maximum atomic E-state index is 12.0. The van der Waals surface area contributed by atoms with E-state index in [0.717, 1.165) is 44.5 Å². The number of nitrogens with zero attached hydrogens (tertiary/aromatic N) is 2. The molecule has 0 aliphatic heterocycles. The molecule has 1 saturated carbocycles. The minimum Gasteiger partial charge on any atom is -0.370 e. The van der Waals surface area contributed by atoms with Crippen LogP contribution in [0.2, 0.25) is 0 Å². The van der Waals surface area contributed by atoms with Crippen molar-refractivity contribution >= 4 is 17.5 Å². The molecule has 1 aliphatic rings. The van der Waals surface area contributed by atoms with Gasteiger partial charge in [0.05, 0.1) is 11.9 Å². The van der Waals surface area contributed by atoms with E-state index in [-0.39, 0.29) is 6.03 Å². The molecule has 23 heavy (non-hydrogen) atoms. The van der Waals surface area contributed by atoms with Gasteiger partial charge in [0.15, 0.2) is 0 Å². The Morgan fingerprint density at radius 3 is 2.43 bits per heavy atom. The minimum atomic E-state index is -0.142. The Morgan fingerprint density at radius 1 is 1.17 bits per heavy atom. The first-order valence-corrected chi connectivity index (χ1v) is 9.01. The van der Waals surface area contributed by atoms with Gasteiger partial charge in [-0.05, 0) is 37.8 Å². The first-order chi connectivity index (χ1) is 11.2. The number of aromatic nitrogens is 1. The van der Waals surface area contributed by atoms with Gasteiger partial charge in [-0.2, -0.15) is 0 Å². The van der Waals surface area contributed by atoms with Crippen molar-refractivity contribution in [1.82, 2.24) is 10.3 Å². The molecular weight excluding hydrogens is 288 g/mol. The highest BCUT2D eigenvalue weighted by atomic mass is 16.2. The maximum Gasteiger partial charge on any atom is 0.320 e. The summed E-state index contributed by atoms with van der Waals surface area (Å²) in [6, 6.07) is 4.09. The van der Waals surface area contributed by atoms with Gasteiger partial charge in [-0.1, -0.05) is 33.1 Å². The molecule has 1 aliphatic carbocycles. The molecule has 0 saturated heterocycles. The van der Waals surface area contributed by atoms with Gasteiger partial charge in [-0.15, -0.1) is 0 Å². The predicted octanol–water partition coefficient (Wildman–Crippen LogP) is 4.16. The highest BCUT2D eigenvalue weighted by Crippen LogP contribution is 2.18. The third kappa shape index (κ3) is 5.73. The Balaban J connectivity index is 1.86. The van der Waals surface area contributed by atoms with E-state index in [4.69, 9.17) is 0 Å². The maximum absolute atomic E-state index is 12.0. The van der Waals surface area contributed by atoms with Crippen LogP contribution in [0.5, 0.6) is 0 Å². The topological polar surface area (TPSA) is 57.3 Å². The van der Waals surface area contributed by atoms with E-state index >= 15 is 0 Å². The van der Waals surface area contributed by atoms with Gasteiger partial charge in [0.2, 0.25) is 0 Å². The molecule has 2 N–H and O–H groups in total. The molecule has 1 aromatic heterocycles. The highest BCUT2D eigenvalue weighted by molar-refractivity contribution is 5.88. The van der Waals surface area contributed by atoms with Crippen LogP contribution in [0.1, 0.15) is 58.8 Å². The van der Waals surface area contributed by atoms with Gasteiger partial charge in [-0.3, -0.25) is 5.32 Å². The number of carbonyl (C=O) groups is 1. The van der Waals surface area contributed by atoms with Crippen LogP contribution in [0.25, 0.3) is 0 Å². The van der Waals surface area contributed by atoms with Crippen molar-refractivity contribution < 1.29 is 4.79 Å². The summed E-state index contributed by atoms with van der Waals surface area (Å²) in [4.78, 5) is 18.7. The lowest BCUT2D eigenvalue weighted by atomic mass is 9.96. The molecule has 0 radical (unpaired) electrons. The van der Waals surface area contributed by atoms with Crippen molar-refractivity contribution in [3.63, 3.8) is 0 Å². The van der Waals surface area contributed by atoms with Crippen LogP contribution in [0, 0.1) is 0 Å². The lowest BCUT2D eigenvalue weighted by Crippen LogP contribution is -2.39. The van der Waals surface area contributed by atoms with Crippen molar-refractivity contribution in [2.45, 2.75) is 64.8 Å². The molecule has 0 spiro atoms. The molecule has 1 fully saturated rings. The van der Waals surface area contributed by atoms with Crippen LogP contribution in [-0.4, -0.2) is 30.1 Å². The summed E-state index contributed by atoms with van der Waals surface area (Å²) in [5.41, 5.74) is 1.12. The second-order valence-electron chi connectivity index (χ2n) is 6.32. The average Bonchev–Trinajstić information content (AvgIpc) is 2.56. The lowest BCUT2D eigenvalue weighted by molar-refractivity contribution is 0.244. The number of anilines is 2. The molecule has 128 valence electrons. The van der Waals surface area contributed by atoms with Crippen LogP contribution in [0.15, 0.2) is 18.3 Å². The molecule has 2 rings (SSSR count). The van der Waals surface area contributed by atoms with E-state index in [9.17, 15) is 4.79 Å². The minimum absolute atomic E-state index is 0.142. The molecule has 1 aromatic rings. The molecule has 5 heteroatoms. The second kappa shape index (κ2) is 9.38. The SMILES string of the molecule is CCCN(CCC)c1ccc(NC(=O)NC2CCCCC2)nc1. The van der Waals surface area contributed by atoms with E-state index in [1.807, 2.05) is 18.3 Å². The number of pyridine rings is 1. The summed E-state index contributed by atoms with van der Waals surface area (Å²) >= 11 is 0. The summed E-state index contributed by atoms with van der Waals surface area (Å²) in [5, 5.41) is 5.88. The van der Waals surface area contributed by atoms with E-state index in [2.05, 4.69) is 34.4 Å². The van der Waals surface area contributed by atoms with Crippen molar-refractivity contribution in [3.8, 4) is 0 Å². The van der Waals surface area contributed by atoms with E-state index in [0.29, 0.717) is 11.9 Å². The summed E-state index contributed by atoms with van der Waals surface area (Å²) in [6.07, 6.45) is 9.96. The van der Waals surface area contributed by atoms with Crippen LogP contribution < -0.4 is 15.5 Å². The number of carbonyl (C=O) groups excluding carboxylic acids is 1. The van der Waals surface area contributed by atoms with E-state index in [1.54, 1.807) is 0 Å². The normalized spacial score (nSPS) is 15.2. The summed E-state index contributed by atoms with van der Waals surface area (Å²) < 4.78 is 0.